The molecule has 0 bridgehead atoms. The summed E-state index contributed by atoms with van der Waals surface area (Å²) in [6.07, 6.45) is 3.52. The zero-order valence-electron chi connectivity index (χ0n) is 8.05. The van der Waals surface area contributed by atoms with Crippen LogP contribution in [0.25, 0.3) is 0 Å². The van der Waals surface area contributed by atoms with Crippen LogP contribution in [0, 0.1) is 0 Å². The van der Waals surface area contributed by atoms with Crippen molar-refractivity contribution in [2.24, 2.45) is 5.73 Å². The average molecular weight is 196 g/mol. The molecule has 0 saturated heterocycles. The first-order chi connectivity index (χ1) is 6.33. The topological polar surface area (TPSA) is 29.3 Å². The summed E-state index contributed by atoms with van der Waals surface area (Å²) in [5, 5.41) is 2.29. The molecule has 3 heteroatoms. The predicted molar refractivity (Wildman–Crippen MR) is 58.7 cm³/mol. The lowest BCUT2D eigenvalue weighted by Crippen LogP contribution is -2.11. The van der Waals surface area contributed by atoms with Crippen LogP contribution >= 0.6 is 11.3 Å². The summed E-state index contributed by atoms with van der Waals surface area (Å²) in [7, 11) is 2.17. The third kappa shape index (κ3) is 1.58. The maximum Gasteiger partial charge on any atom is 0.0508 e. The van der Waals surface area contributed by atoms with Crippen LogP contribution in [0.1, 0.15) is 16.9 Å². The summed E-state index contributed by atoms with van der Waals surface area (Å²) in [5.41, 5.74) is 8.55. The van der Waals surface area contributed by atoms with E-state index in [-0.39, 0.29) is 0 Å². The number of aryl methyl sites for hydroxylation is 1. The Morgan fingerprint density at radius 1 is 1.62 bits per heavy atom. The number of hydrogen-bond donors (Lipinski definition) is 1. The molecule has 1 aromatic heterocycles. The van der Waals surface area contributed by atoms with E-state index in [0.717, 1.165) is 13.0 Å². The molecule has 72 valence electrons. The smallest absolute Gasteiger partial charge is 0.0508 e. The molecule has 0 spiro atoms. The largest absolute Gasteiger partial charge is 0.373 e. The summed E-state index contributed by atoms with van der Waals surface area (Å²) < 4.78 is 0. The summed E-state index contributed by atoms with van der Waals surface area (Å²) in [6.45, 7) is 2.00. The second-order valence-electron chi connectivity index (χ2n) is 3.59. The van der Waals surface area contributed by atoms with E-state index in [4.69, 9.17) is 5.73 Å². The normalized spacial score (nSPS) is 15.1. The van der Waals surface area contributed by atoms with E-state index < -0.39 is 0 Å². The summed E-state index contributed by atoms with van der Waals surface area (Å²) in [4.78, 5) is 3.91. The molecule has 2 heterocycles. The van der Waals surface area contributed by atoms with E-state index in [0.29, 0.717) is 0 Å². The van der Waals surface area contributed by atoms with Crippen LogP contribution in [0.2, 0.25) is 0 Å². The number of thiophene rings is 1. The van der Waals surface area contributed by atoms with Gasteiger partial charge in [-0.25, -0.2) is 0 Å². The number of hydrogen-bond acceptors (Lipinski definition) is 3. The number of anilines is 1. The SMILES string of the molecule is CN1CCc2c1csc2CCCN. The maximum absolute atomic E-state index is 5.51. The van der Waals surface area contributed by atoms with Gasteiger partial charge in [-0.3, -0.25) is 0 Å². The minimum atomic E-state index is 0.808. The number of nitrogens with zero attached hydrogens (tertiary/aromatic N) is 1. The Morgan fingerprint density at radius 3 is 3.23 bits per heavy atom. The molecule has 0 fully saturated rings. The average Bonchev–Trinajstić information content (AvgIpc) is 2.67. The highest BCUT2D eigenvalue weighted by molar-refractivity contribution is 7.10. The molecule has 13 heavy (non-hydrogen) atoms. The Labute approximate surface area is 83.4 Å². The number of nitrogens with two attached hydrogens (primary N) is 1. The van der Waals surface area contributed by atoms with Gasteiger partial charge in [0.1, 0.15) is 0 Å². The second kappa shape index (κ2) is 3.68. The zero-order valence-corrected chi connectivity index (χ0v) is 8.86. The fraction of sp³-hybridized carbons (Fsp3) is 0.600. The van der Waals surface area contributed by atoms with Gasteiger partial charge in [-0.2, -0.15) is 0 Å². The first-order valence-electron chi connectivity index (χ1n) is 4.83. The molecule has 0 atom stereocenters. The molecule has 0 aromatic carbocycles. The number of likely N-dealkylation sites (N-methyl/N-ethyl adjacent to an activating group) is 1. The molecule has 0 amide bonds. The molecule has 0 saturated carbocycles. The zero-order chi connectivity index (χ0) is 9.26. The van der Waals surface area contributed by atoms with Crippen LogP contribution in [0.5, 0.6) is 0 Å². The van der Waals surface area contributed by atoms with Gasteiger partial charge in [-0.05, 0) is 31.4 Å². The lowest BCUT2D eigenvalue weighted by atomic mass is 10.1. The Hall–Kier alpha value is -0.540. The van der Waals surface area contributed by atoms with Gasteiger partial charge in [-0.1, -0.05) is 0 Å². The quantitative estimate of drug-likeness (QED) is 0.796. The summed E-state index contributed by atoms with van der Waals surface area (Å²) in [5.74, 6) is 0. The number of rotatable bonds is 3. The van der Waals surface area contributed by atoms with Crippen LogP contribution in [0.15, 0.2) is 5.38 Å². The lowest BCUT2D eigenvalue weighted by Gasteiger charge is -2.07. The fourth-order valence-electron chi connectivity index (χ4n) is 1.87. The molecular formula is C10H16N2S. The summed E-state index contributed by atoms with van der Waals surface area (Å²) in [6, 6.07) is 0. The van der Waals surface area contributed by atoms with Crippen LogP contribution in [0.3, 0.4) is 0 Å². The van der Waals surface area contributed by atoms with E-state index in [9.17, 15) is 0 Å². The van der Waals surface area contributed by atoms with Gasteiger partial charge in [0.15, 0.2) is 0 Å². The van der Waals surface area contributed by atoms with Crippen molar-refractivity contribution in [2.75, 3.05) is 25.0 Å². The van der Waals surface area contributed by atoms with Crippen molar-refractivity contribution < 1.29 is 0 Å². The molecule has 1 aliphatic heterocycles. The van der Waals surface area contributed by atoms with Crippen molar-refractivity contribution in [1.82, 2.24) is 0 Å². The van der Waals surface area contributed by atoms with Gasteiger partial charge in [0.2, 0.25) is 0 Å². The second-order valence-corrected chi connectivity index (χ2v) is 4.55. The highest BCUT2D eigenvalue weighted by atomic mass is 32.1. The third-order valence-corrected chi connectivity index (χ3v) is 3.75. The van der Waals surface area contributed by atoms with E-state index in [1.165, 1.54) is 25.1 Å². The predicted octanol–water partition coefficient (Wildman–Crippen LogP) is 1.63. The van der Waals surface area contributed by atoms with Gasteiger partial charge < -0.3 is 10.6 Å². The van der Waals surface area contributed by atoms with Gasteiger partial charge in [0.25, 0.3) is 0 Å². The molecule has 1 aromatic rings. The fourth-order valence-corrected chi connectivity index (χ4v) is 3.06. The standard InChI is InChI=1S/C10H16N2S/c1-12-6-4-8-9(12)7-13-10(8)3-2-5-11/h7H,2-6,11H2,1H3. The van der Waals surface area contributed by atoms with Crippen molar-refractivity contribution in [3.63, 3.8) is 0 Å². The van der Waals surface area contributed by atoms with Gasteiger partial charge in [0, 0.05) is 23.8 Å². The van der Waals surface area contributed by atoms with Crippen LogP contribution in [-0.4, -0.2) is 20.1 Å². The van der Waals surface area contributed by atoms with Crippen molar-refractivity contribution in [2.45, 2.75) is 19.3 Å². The Balaban J connectivity index is 2.15. The Bertz CT molecular complexity index is 293. The highest BCUT2D eigenvalue weighted by Gasteiger charge is 2.20. The van der Waals surface area contributed by atoms with Gasteiger partial charge in [-0.15, -0.1) is 11.3 Å². The van der Waals surface area contributed by atoms with Gasteiger partial charge in [0.05, 0.1) is 5.69 Å². The van der Waals surface area contributed by atoms with Crippen molar-refractivity contribution in [1.29, 1.82) is 0 Å². The van der Waals surface area contributed by atoms with Crippen molar-refractivity contribution in [3.8, 4) is 0 Å². The lowest BCUT2D eigenvalue weighted by molar-refractivity contribution is 0.835. The van der Waals surface area contributed by atoms with Gasteiger partial charge >= 0.3 is 0 Å². The first-order valence-corrected chi connectivity index (χ1v) is 5.71. The highest BCUT2D eigenvalue weighted by Crippen LogP contribution is 2.35. The molecule has 2 N–H and O–H groups in total. The van der Waals surface area contributed by atoms with E-state index >= 15 is 0 Å². The molecule has 0 radical (unpaired) electrons. The van der Waals surface area contributed by atoms with E-state index in [1.807, 2.05) is 11.3 Å². The Morgan fingerprint density at radius 2 is 2.46 bits per heavy atom. The Kier molecular flexibility index (Phi) is 2.56. The van der Waals surface area contributed by atoms with E-state index in [1.54, 1.807) is 10.4 Å². The minimum Gasteiger partial charge on any atom is -0.373 e. The van der Waals surface area contributed by atoms with Crippen LogP contribution in [0.4, 0.5) is 5.69 Å². The molecule has 1 aliphatic rings. The van der Waals surface area contributed by atoms with Crippen molar-refractivity contribution in [3.05, 3.63) is 15.8 Å². The molecular weight excluding hydrogens is 180 g/mol. The van der Waals surface area contributed by atoms with E-state index in [2.05, 4.69) is 17.3 Å². The summed E-state index contributed by atoms with van der Waals surface area (Å²) >= 11 is 1.90. The molecule has 0 unspecified atom stereocenters. The first kappa shape index (κ1) is 9.03. The maximum atomic E-state index is 5.51. The monoisotopic (exact) mass is 196 g/mol. The number of fused-ring (bicyclic) bond motifs is 1. The molecule has 2 nitrogen and oxygen atoms in total. The van der Waals surface area contributed by atoms with Crippen molar-refractivity contribution >= 4 is 17.0 Å². The van der Waals surface area contributed by atoms with Crippen LogP contribution < -0.4 is 10.6 Å². The molecule has 2 rings (SSSR count). The van der Waals surface area contributed by atoms with Crippen LogP contribution in [-0.2, 0) is 12.8 Å². The molecule has 0 aliphatic carbocycles. The minimum absolute atomic E-state index is 0.808. The third-order valence-electron chi connectivity index (χ3n) is 2.68.